The normalized spacial score (nSPS) is 31.4. The van der Waals surface area contributed by atoms with Crippen LogP contribution in [0.2, 0.25) is 0 Å². The van der Waals surface area contributed by atoms with E-state index in [4.69, 9.17) is 11.2 Å². The predicted octanol–water partition coefficient (Wildman–Crippen LogP) is 1.80. The van der Waals surface area contributed by atoms with Crippen molar-refractivity contribution in [2.24, 2.45) is 11.8 Å². The predicted molar refractivity (Wildman–Crippen MR) is 65.9 cm³/mol. The first-order chi connectivity index (χ1) is 8.29. The second-order valence-corrected chi connectivity index (χ2v) is 4.54. The van der Waals surface area contributed by atoms with E-state index in [0.29, 0.717) is 25.5 Å². The highest BCUT2D eigenvalue weighted by Crippen LogP contribution is 2.39. The molecule has 1 unspecified atom stereocenters. The Hall–Kier alpha value is -1.27. The molecule has 0 saturated carbocycles. The van der Waals surface area contributed by atoms with Gasteiger partial charge in [-0.2, -0.15) is 0 Å². The number of ether oxygens (including phenoxy) is 1. The lowest BCUT2D eigenvalue weighted by molar-refractivity contribution is -0.138. The van der Waals surface area contributed by atoms with Gasteiger partial charge in [0, 0.05) is 31.4 Å². The molecule has 1 heterocycles. The summed E-state index contributed by atoms with van der Waals surface area (Å²) < 4.78 is 5.75. The molecule has 1 aliphatic heterocycles. The van der Waals surface area contributed by atoms with Crippen molar-refractivity contribution < 1.29 is 9.53 Å². The molecule has 1 aliphatic carbocycles. The largest absolute Gasteiger partial charge is 0.358 e. The fourth-order valence-electron chi connectivity index (χ4n) is 2.81. The fourth-order valence-corrected chi connectivity index (χ4v) is 2.81. The van der Waals surface area contributed by atoms with E-state index in [1.165, 1.54) is 0 Å². The van der Waals surface area contributed by atoms with Crippen LogP contribution in [0.15, 0.2) is 12.2 Å². The highest BCUT2D eigenvalue weighted by molar-refractivity contribution is 5.82. The first kappa shape index (κ1) is 12.2. The lowest BCUT2D eigenvalue weighted by Gasteiger charge is -2.27. The van der Waals surface area contributed by atoms with Gasteiger partial charge in [0.25, 0.3) is 0 Å². The first-order valence-electron chi connectivity index (χ1n) is 6.30. The third kappa shape index (κ3) is 2.23. The van der Waals surface area contributed by atoms with E-state index in [1.807, 2.05) is 11.8 Å². The average Bonchev–Trinajstić information content (AvgIpc) is 2.62. The minimum atomic E-state index is -0.0733. The van der Waals surface area contributed by atoms with Gasteiger partial charge in [0.15, 0.2) is 0 Å². The Bertz CT molecular complexity index is 356. The van der Waals surface area contributed by atoms with Crippen LogP contribution in [-0.2, 0) is 9.53 Å². The van der Waals surface area contributed by atoms with Crippen molar-refractivity contribution in [1.29, 1.82) is 0 Å². The van der Waals surface area contributed by atoms with Gasteiger partial charge in [-0.3, -0.25) is 4.79 Å². The SMILES string of the molecule is C#CCCN1C(=O)[C@@H]2CC=CC[C@@H]2C1OCC. The van der Waals surface area contributed by atoms with Gasteiger partial charge in [0.05, 0.1) is 0 Å². The maximum atomic E-state index is 12.3. The van der Waals surface area contributed by atoms with Gasteiger partial charge in [0.1, 0.15) is 6.23 Å². The van der Waals surface area contributed by atoms with Crippen molar-refractivity contribution in [3.8, 4) is 12.3 Å². The van der Waals surface area contributed by atoms with Crippen LogP contribution in [0.25, 0.3) is 0 Å². The summed E-state index contributed by atoms with van der Waals surface area (Å²) in [6, 6.07) is 0. The number of terminal acetylenes is 1. The number of rotatable bonds is 4. The molecule has 3 nitrogen and oxygen atoms in total. The second kappa shape index (κ2) is 5.37. The Morgan fingerprint density at radius 2 is 2.29 bits per heavy atom. The summed E-state index contributed by atoms with van der Waals surface area (Å²) in [5, 5.41) is 0. The molecule has 1 fully saturated rings. The molecule has 0 aromatic rings. The van der Waals surface area contributed by atoms with Crippen molar-refractivity contribution in [2.75, 3.05) is 13.2 Å². The van der Waals surface area contributed by atoms with Gasteiger partial charge in [0.2, 0.25) is 5.91 Å². The van der Waals surface area contributed by atoms with Gasteiger partial charge in [-0.15, -0.1) is 12.3 Å². The van der Waals surface area contributed by atoms with Crippen molar-refractivity contribution in [2.45, 2.75) is 32.4 Å². The summed E-state index contributed by atoms with van der Waals surface area (Å²) >= 11 is 0. The van der Waals surface area contributed by atoms with Crippen LogP contribution in [0.3, 0.4) is 0 Å². The Labute approximate surface area is 103 Å². The van der Waals surface area contributed by atoms with Crippen LogP contribution in [0.1, 0.15) is 26.2 Å². The summed E-state index contributed by atoms with van der Waals surface area (Å²) in [6.07, 6.45) is 11.8. The number of allylic oxidation sites excluding steroid dienone is 2. The molecule has 2 aliphatic rings. The third-order valence-electron chi connectivity index (χ3n) is 3.59. The molecule has 0 N–H and O–H groups in total. The van der Waals surface area contributed by atoms with E-state index in [9.17, 15) is 4.79 Å². The average molecular weight is 233 g/mol. The zero-order valence-electron chi connectivity index (χ0n) is 10.3. The highest BCUT2D eigenvalue weighted by Gasteiger charge is 2.47. The van der Waals surface area contributed by atoms with Crippen LogP contribution in [-0.4, -0.2) is 30.2 Å². The quantitative estimate of drug-likeness (QED) is 0.547. The molecule has 0 aromatic heterocycles. The van der Waals surface area contributed by atoms with Crippen LogP contribution in [0.5, 0.6) is 0 Å². The summed E-state index contributed by atoms with van der Waals surface area (Å²) in [7, 11) is 0. The first-order valence-corrected chi connectivity index (χ1v) is 6.30. The van der Waals surface area contributed by atoms with Crippen LogP contribution in [0.4, 0.5) is 0 Å². The number of nitrogens with zero attached hydrogens (tertiary/aromatic N) is 1. The fraction of sp³-hybridized carbons (Fsp3) is 0.643. The van der Waals surface area contributed by atoms with E-state index >= 15 is 0 Å². The number of likely N-dealkylation sites (tertiary alicyclic amines) is 1. The standard InChI is InChI=1S/C14H19NO2/c1-3-5-10-15-13(16)11-8-6-7-9-12(11)14(15)17-4-2/h1,6-7,11-12,14H,4-5,8-10H2,2H3/t11-,12+,14?/m1/s1. The topological polar surface area (TPSA) is 29.5 Å². The number of hydrogen-bond acceptors (Lipinski definition) is 2. The molecule has 1 amide bonds. The number of amides is 1. The molecule has 0 radical (unpaired) electrons. The lowest BCUT2D eigenvalue weighted by Crippen LogP contribution is -2.38. The number of fused-ring (bicyclic) bond motifs is 1. The van der Waals surface area contributed by atoms with Gasteiger partial charge in [-0.1, -0.05) is 12.2 Å². The van der Waals surface area contributed by atoms with Gasteiger partial charge in [-0.25, -0.2) is 0 Å². The molecule has 92 valence electrons. The highest BCUT2D eigenvalue weighted by atomic mass is 16.5. The number of carbonyl (C=O) groups is 1. The minimum Gasteiger partial charge on any atom is -0.358 e. The smallest absolute Gasteiger partial charge is 0.228 e. The van der Waals surface area contributed by atoms with Gasteiger partial charge < -0.3 is 9.64 Å². The second-order valence-electron chi connectivity index (χ2n) is 4.54. The maximum Gasteiger partial charge on any atom is 0.228 e. The number of hydrogen-bond donors (Lipinski definition) is 0. The van der Waals surface area contributed by atoms with Crippen molar-refractivity contribution in [3.05, 3.63) is 12.2 Å². The monoisotopic (exact) mass is 233 g/mol. The summed E-state index contributed by atoms with van der Waals surface area (Å²) in [5.74, 6) is 3.23. The van der Waals surface area contributed by atoms with E-state index in [0.717, 1.165) is 12.8 Å². The zero-order valence-corrected chi connectivity index (χ0v) is 10.3. The molecular formula is C14H19NO2. The summed E-state index contributed by atoms with van der Waals surface area (Å²) in [4.78, 5) is 14.1. The van der Waals surface area contributed by atoms with Crippen LogP contribution in [0, 0.1) is 24.2 Å². The van der Waals surface area contributed by atoms with Gasteiger partial charge in [-0.05, 0) is 19.8 Å². The van der Waals surface area contributed by atoms with E-state index in [-0.39, 0.29) is 18.1 Å². The number of carbonyl (C=O) groups excluding carboxylic acids is 1. The van der Waals surface area contributed by atoms with E-state index < -0.39 is 0 Å². The molecule has 2 rings (SSSR count). The molecule has 3 heteroatoms. The van der Waals surface area contributed by atoms with Crippen LogP contribution < -0.4 is 0 Å². The van der Waals surface area contributed by atoms with Crippen molar-refractivity contribution in [1.82, 2.24) is 4.90 Å². The molecular weight excluding hydrogens is 214 g/mol. The third-order valence-corrected chi connectivity index (χ3v) is 3.59. The van der Waals surface area contributed by atoms with Crippen molar-refractivity contribution in [3.63, 3.8) is 0 Å². The molecule has 0 bridgehead atoms. The molecule has 1 saturated heterocycles. The lowest BCUT2D eigenvalue weighted by atomic mass is 9.85. The Morgan fingerprint density at radius 1 is 1.53 bits per heavy atom. The Balaban J connectivity index is 2.14. The molecule has 0 spiro atoms. The Morgan fingerprint density at radius 3 is 3.00 bits per heavy atom. The summed E-state index contributed by atoms with van der Waals surface area (Å²) in [6.45, 7) is 3.22. The zero-order chi connectivity index (χ0) is 12.3. The van der Waals surface area contributed by atoms with E-state index in [1.54, 1.807) is 0 Å². The molecule has 17 heavy (non-hydrogen) atoms. The van der Waals surface area contributed by atoms with E-state index in [2.05, 4.69) is 18.1 Å². The Kier molecular flexibility index (Phi) is 3.86. The molecule has 0 aromatic carbocycles. The maximum absolute atomic E-state index is 12.3. The minimum absolute atomic E-state index is 0.0733. The van der Waals surface area contributed by atoms with Gasteiger partial charge >= 0.3 is 0 Å². The van der Waals surface area contributed by atoms with Crippen LogP contribution >= 0.6 is 0 Å². The molecule has 3 atom stereocenters. The summed E-state index contributed by atoms with van der Waals surface area (Å²) in [5.41, 5.74) is 0. The van der Waals surface area contributed by atoms with Crippen molar-refractivity contribution >= 4 is 5.91 Å².